The van der Waals surface area contributed by atoms with Crippen LogP contribution in [0.2, 0.25) is 0 Å². The van der Waals surface area contributed by atoms with Crippen LogP contribution >= 0.6 is 0 Å². The predicted octanol–water partition coefficient (Wildman–Crippen LogP) is 6.21. The van der Waals surface area contributed by atoms with E-state index in [9.17, 15) is 18.0 Å². The van der Waals surface area contributed by atoms with Gasteiger partial charge in [-0.25, -0.2) is 4.98 Å². The van der Waals surface area contributed by atoms with Gasteiger partial charge in [0, 0.05) is 18.3 Å². The van der Waals surface area contributed by atoms with Crippen molar-refractivity contribution in [3.05, 3.63) is 126 Å². The summed E-state index contributed by atoms with van der Waals surface area (Å²) in [5.41, 5.74) is 2.93. The van der Waals surface area contributed by atoms with Crippen LogP contribution in [0.3, 0.4) is 0 Å². The first kappa shape index (κ1) is 31.6. The minimum Gasteiger partial charge on any atom is -0.458 e. The molecule has 1 unspecified atom stereocenters. The van der Waals surface area contributed by atoms with Gasteiger partial charge in [-0.05, 0) is 85.9 Å². The van der Waals surface area contributed by atoms with E-state index in [4.69, 9.17) is 10.00 Å². The number of hydrogen-bond acceptors (Lipinski definition) is 7. The lowest BCUT2D eigenvalue weighted by Crippen LogP contribution is -2.48. The number of anilines is 1. The van der Waals surface area contributed by atoms with Crippen LogP contribution in [0.25, 0.3) is 0 Å². The minimum absolute atomic E-state index is 0.0798. The second-order valence-electron chi connectivity index (χ2n) is 11.5. The van der Waals surface area contributed by atoms with E-state index >= 15 is 0 Å². The molecule has 45 heavy (non-hydrogen) atoms. The molecule has 1 atom stereocenters. The number of aryl methyl sites for hydroxylation is 3. The summed E-state index contributed by atoms with van der Waals surface area (Å²) in [4.78, 5) is 30.7. The molecule has 1 N–H and O–H groups in total. The first-order valence-electron chi connectivity index (χ1n) is 15.1. The Labute approximate surface area is 264 Å². The number of nitrogens with zero attached hydrogens (tertiary/aromatic N) is 2. The molecule has 1 aliphatic rings. The quantitative estimate of drug-likeness (QED) is 0.139. The highest BCUT2D eigenvalue weighted by Gasteiger charge is 2.46. The normalized spacial score (nSPS) is 16.0. The van der Waals surface area contributed by atoms with Gasteiger partial charge in [-0.2, -0.15) is 13.7 Å². The molecular formula is C36H35N3O5S. The van der Waals surface area contributed by atoms with Crippen LogP contribution in [0.5, 0.6) is 0 Å². The Kier molecular flexibility index (Phi) is 10.1. The molecule has 230 valence electrons. The molecule has 8 nitrogen and oxygen atoms in total. The first-order valence-corrected chi connectivity index (χ1v) is 16.5. The molecule has 0 bridgehead atoms. The lowest BCUT2D eigenvalue weighted by Gasteiger charge is -2.39. The van der Waals surface area contributed by atoms with Gasteiger partial charge in [0.2, 0.25) is 0 Å². The molecule has 0 aliphatic carbocycles. The number of nitrogens with one attached hydrogen (secondary N) is 1. The molecule has 5 rings (SSSR count). The number of nitriles is 1. The summed E-state index contributed by atoms with van der Waals surface area (Å²) in [6.45, 7) is 0. The number of cyclic esters (lactones) is 1. The van der Waals surface area contributed by atoms with Gasteiger partial charge >= 0.3 is 5.97 Å². The van der Waals surface area contributed by atoms with Gasteiger partial charge in [0.25, 0.3) is 10.0 Å². The molecule has 1 aromatic heterocycles. The summed E-state index contributed by atoms with van der Waals surface area (Å²) in [5, 5.41) is 8.74. The number of ketones is 1. The number of aromatic nitrogens is 1. The van der Waals surface area contributed by atoms with Crippen molar-refractivity contribution in [1.82, 2.24) is 4.98 Å². The highest BCUT2D eigenvalue weighted by molar-refractivity contribution is 7.92. The van der Waals surface area contributed by atoms with Crippen LogP contribution < -0.4 is 4.72 Å². The van der Waals surface area contributed by atoms with E-state index in [1.165, 1.54) is 18.3 Å². The molecule has 9 heteroatoms. The monoisotopic (exact) mass is 621 g/mol. The highest BCUT2D eigenvalue weighted by atomic mass is 32.2. The van der Waals surface area contributed by atoms with Crippen LogP contribution in [-0.4, -0.2) is 30.8 Å². The van der Waals surface area contributed by atoms with Crippen molar-refractivity contribution in [2.45, 2.75) is 62.0 Å². The number of esters is 1. The van der Waals surface area contributed by atoms with Crippen LogP contribution in [0, 0.1) is 17.2 Å². The molecule has 0 saturated carbocycles. The van der Waals surface area contributed by atoms with E-state index in [0.717, 1.165) is 16.7 Å². The lowest BCUT2D eigenvalue weighted by molar-refractivity contribution is -0.179. The first-order chi connectivity index (χ1) is 21.7. The van der Waals surface area contributed by atoms with Gasteiger partial charge in [-0.15, -0.1) is 0 Å². The highest BCUT2D eigenvalue weighted by Crippen LogP contribution is 2.36. The topological polar surface area (TPSA) is 126 Å². The van der Waals surface area contributed by atoms with E-state index < -0.39 is 27.5 Å². The number of hydrogen-bond donors (Lipinski definition) is 1. The Hall–Kier alpha value is -4.81. The van der Waals surface area contributed by atoms with Crippen molar-refractivity contribution in [3.8, 4) is 6.07 Å². The molecule has 1 aliphatic heterocycles. The number of carbonyl (C=O) groups is 2. The number of benzene rings is 3. The van der Waals surface area contributed by atoms with E-state index in [2.05, 4.69) is 9.71 Å². The maximum absolute atomic E-state index is 13.5. The maximum atomic E-state index is 13.5. The Morgan fingerprint density at radius 1 is 0.844 bits per heavy atom. The van der Waals surface area contributed by atoms with Crippen molar-refractivity contribution in [1.29, 1.82) is 5.26 Å². The lowest BCUT2D eigenvalue weighted by atomic mass is 9.78. The second-order valence-corrected chi connectivity index (χ2v) is 13.1. The summed E-state index contributed by atoms with van der Waals surface area (Å²) < 4.78 is 34.2. The maximum Gasteiger partial charge on any atom is 0.317 e. The third-order valence-corrected chi connectivity index (χ3v) is 9.49. The number of ether oxygens (including phenoxy) is 1. The van der Waals surface area contributed by atoms with Crippen LogP contribution in [0.15, 0.2) is 108 Å². The Morgan fingerprint density at radius 3 is 2.07 bits per heavy atom. The average molecular weight is 622 g/mol. The molecule has 3 aromatic carbocycles. The largest absolute Gasteiger partial charge is 0.458 e. The van der Waals surface area contributed by atoms with Gasteiger partial charge in [0.1, 0.15) is 17.6 Å². The number of pyridine rings is 1. The summed E-state index contributed by atoms with van der Waals surface area (Å²) in [6, 6.07) is 31.6. The fourth-order valence-corrected chi connectivity index (χ4v) is 6.70. The summed E-state index contributed by atoms with van der Waals surface area (Å²) in [7, 11) is -3.94. The zero-order chi connectivity index (χ0) is 31.7. The summed E-state index contributed by atoms with van der Waals surface area (Å²) in [6.07, 6.45) is 5.45. The van der Waals surface area contributed by atoms with Crippen LogP contribution in [0.4, 0.5) is 5.69 Å². The van der Waals surface area contributed by atoms with Crippen molar-refractivity contribution in [2.75, 3.05) is 4.72 Å². The van der Waals surface area contributed by atoms with E-state index in [1.54, 1.807) is 18.2 Å². The molecule has 4 aromatic rings. The SMILES string of the molecule is N#Cc1ccc(S(=O)(=O)Nc2cccc(CCCC3C(=O)CC(CCc4ccccc4)(CCc4ccccc4)OC3=O)c2)nc1. The van der Waals surface area contributed by atoms with Crippen molar-refractivity contribution < 1.29 is 22.7 Å². The predicted molar refractivity (Wildman–Crippen MR) is 171 cm³/mol. The van der Waals surface area contributed by atoms with Crippen molar-refractivity contribution in [3.63, 3.8) is 0 Å². The van der Waals surface area contributed by atoms with Crippen molar-refractivity contribution >= 4 is 27.5 Å². The molecule has 1 fully saturated rings. The van der Waals surface area contributed by atoms with Crippen LogP contribution in [-0.2, 0) is 43.6 Å². The summed E-state index contributed by atoms with van der Waals surface area (Å²) >= 11 is 0. The van der Waals surface area contributed by atoms with Gasteiger partial charge in [-0.3, -0.25) is 14.3 Å². The standard InChI is InChI=1S/C36H35N3O5S/c37-25-30-17-18-34(38-26-30)45(42,43)39-31-15-7-13-29(23-31)14-8-16-32-33(40)24-36(44-35(32)41,21-19-27-9-3-1-4-10-27)22-20-28-11-5-2-6-12-28/h1-7,9-13,15,17-18,23,26,32,39H,8,14,16,19-22,24H2. The summed E-state index contributed by atoms with van der Waals surface area (Å²) in [5.74, 6) is -1.34. The van der Waals surface area contributed by atoms with Gasteiger partial charge in [0.05, 0.1) is 5.56 Å². The third-order valence-electron chi connectivity index (χ3n) is 8.19. The molecule has 0 spiro atoms. The van der Waals surface area contributed by atoms with E-state index in [0.29, 0.717) is 50.6 Å². The van der Waals surface area contributed by atoms with Gasteiger partial charge < -0.3 is 4.74 Å². The van der Waals surface area contributed by atoms with Crippen LogP contribution in [0.1, 0.15) is 54.4 Å². The van der Waals surface area contributed by atoms with Gasteiger partial charge in [-0.1, -0.05) is 72.8 Å². The molecule has 0 amide bonds. The Bertz CT molecular complexity index is 1710. The molecule has 0 radical (unpaired) electrons. The fourth-order valence-electron chi connectivity index (χ4n) is 5.72. The molecule has 2 heterocycles. The number of Topliss-reactive ketones (excluding diaryl/α,β-unsaturated/α-hetero) is 1. The third kappa shape index (κ3) is 8.43. The smallest absolute Gasteiger partial charge is 0.317 e. The average Bonchev–Trinajstić information content (AvgIpc) is 3.05. The second kappa shape index (κ2) is 14.3. The van der Waals surface area contributed by atoms with E-state index in [-0.39, 0.29) is 22.8 Å². The zero-order valence-corrected chi connectivity index (χ0v) is 25.7. The number of rotatable bonds is 13. The number of carbonyl (C=O) groups excluding carboxylic acids is 2. The Morgan fingerprint density at radius 2 is 1.49 bits per heavy atom. The number of sulfonamides is 1. The Balaban J connectivity index is 1.19. The molecule has 1 saturated heterocycles. The van der Waals surface area contributed by atoms with Crippen molar-refractivity contribution in [2.24, 2.45) is 5.92 Å². The fraction of sp³-hybridized carbons (Fsp3) is 0.278. The van der Waals surface area contributed by atoms with Gasteiger partial charge in [0.15, 0.2) is 10.8 Å². The van der Waals surface area contributed by atoms with E-state index in [1.807, 2.05) is 72.8 Å². The zero-order valence-electron chi connectivity index (χ0n) is 24.9. The minimum atomic E-state index is -3.94. The molecular weight excluding hydrogens is 586 g/mol.